The zero-order valence-corrected chi connectivity index (χ0v) is 11.0. The lowest BCUT2D eigenvalue weighted by Gasteiger charge is -2.21. The van der Waals surface area contributed by atoms with Crippen molar-refractivity contribution >= 4 is 11.6 Å². The summed E-state index contributed by atoms with van der Waals surface area (Å²) in [6.07, 6.45) is 1.62. The van der Waals surface area contributed by atoms with Gasteiger partial charge in [-0.3, -0.25) is 4.79 Å². The number of nitriles is 1. The molecule has 0 fully saturated rings. The standard InChI is InChI=1S/C13H18N4O/c1-4-17(9-10(2)7-14)13(18)12-6-5-11(15-3)8-16-12/h5-6,8,10,15H,4,9H2,1-3H3. The van der Waals surface area contributed by atoms with Gasteiger partial charge in [-0.05, 0) is 26.0 Å². The van der Waals surface area contributed by atoms with E-state index in [0.717, 1.165) is 5.69 Å². The highest BCUT2D eigenvalue weighted by Gasteiger charge is 2.17. The Morgan fingerprint density at radius 3 is 2.78 bits per heavy atom. The van der Waals surface area contributed by atoms with Crippen molar-refractivity contribution in [3.63, 3.8) is 0 Å². The first kappa shape index (κ1) is 14.0. The molecule has 0 aliphatic carbocycles. The molecule has 1 rings (SSSR count). The summed E-state index contributed by atoms with van der Waals surface area (Å²) < 4.78 is 0. The van der Waals surface area contributed by atoms with E-state index in [2.05, 4.69) is 16.4 Å². The van der Waals surface area contributed by atoms with Crippen molar-refractivity contribution in [3.8, 4) is 6.07 Å². The minimum Gasteiger partial charge on any atom is -0.387 e. The van der Waals surface area contributed by atoms with Crippen LogP contribution in [0.5, 0.6) is 0 Å². The fourth-order valence-electron chi connectivity index (χ4n) is 1.56. The Labute approximate surface area is 107 Å². The van der Waals surface area contributed by atoms with Crippen molar-refractivity contribution in [1.82, 2.24) is 9.88 Å². The van der Waals surface area contributed by atoms with Crippen molar-refractivity contribution in [2.24, 2.45) is 5.92 Å². The number of nitrogens with one attached hydrogen (secondary N) is 1. The fraction of sp³-hybridized carbons (Fsp3) is 0.462. The van der Waals surface area contributed by atoms with Crippen LogP contribution in [0.1, 0.15) is 24.3 Å². The van der Waals surface area contributed by atoms with Gasteiger partial charge in [0.25, 0.3) is 5.91 Å². The van der Waals surface area contributed by atoms with Gasteiger partial charge in [-0.15, -0.1) is 0 Å². The summed E-state index contributed by atoms with van der Waals surface area (Å²) in [4.78, 5) is 17.9. The van der Waals surface area contributed by atoms with E-state index in [1.54, 1.807) is 31.1 Å². The Bertz CT molecular complexity index is 435. The summed E-state index contributed by atoms with van der Waals surface area (Å²) in [5.74, 6) is -0.312. The van der Waals surface area contributed by atoms with Crippen LogP contribution in [0.2, 0.25) is 0 Å². The number of anilines is 1. The van der Waals surface area contributed by atoms with Gasteiger partial charge >= 0.3 is 0 Å². The highest BCUT2D eigenvalue weighted by Crippen LogP contribution is 2.09. The highest BCUT2D eigenvalue weighted by atomic mass is 16.2. The molecule has 1 atom stereocenters. The summed E-state index contributed by atoms with van der Waals surface area (Å²) in [5, 5.41) is 11.7. The van der Waals surface area contributed by atoms with Gasteiger partial charge in [0, 0.05) is 20.1 Å². The summed E-state index contributed by atoms with van der Waals surface area (Å²) >= 11 is 0. The van der Waals surface area contributed by atoms with Crippen LogP contribution in [0.4, 0.5) is 5.69 Å². The quantitative estimate of drug-likeness (QED) is 0.859. The third-order valence-electron chi connectivity index (χ3n) is 2.65. The van der Waals surface area contributed by atoms with Crippen molar-refractivity contribution in [3.05, 3.63) is 24.0 Å². The minimum atomic E-state index is -0.175. The third-order valence-corrected chi connectivity index (χ3v) is 2.65. The maximum Gasteiger partial charge on any atom is 0.272 e. The van der Waals surface area contributed by atoms with Gasteiger partial charge < -0.3 is 10.2 Å². The second-order valence-electron chi connectivity index (χ2n) is 4.06. The van der Waals surface area contributed by atoms with Gasteiger partial charge in [0.2, 0.25) is 0 Å². The second kappa shape index (κ2) is 6.60. The lowest BCUT2D eigenvalue weighted by molar-refractivity contribution is 0.0747. The van der Waals surface area contributed by atoms with Crippen LogP contribution < -0.4 is 5.32 Å². The van der Waals surface area contributed by atoms with E-state index in [-0.39, 0.29) is 11.8 Å². The molecule has 0 saturated heterocycles. The molecule has 1 N–H and O–H groups in total. The number of hydrogen-bond donors (Lipinski definition) is 1. The van der Waals surface area contributed by atoms with Gasteiger partial charge in [-0.2, -0.15) is 5.26 Å². The summed E-state index contributed by atoms with van der Waals surface area (Å²) in [6, 6.07) is 5.63. The van der Waals surface area contributed by atoms with Gasteiger partial charge in [0.05, 0.1) is 23.9 Å². The normalized spacial score (nSPS) is 11.4. The van der Waals surface area contributed by atoms with Crippen molar-refractivity contribution in [1.29, 1.82) is 5.26 Å². The van der Waals surface area contributed by atoms with Gasteiger partial charge in [-0.1, -0.05) is 0 Å². The molecule has 5 nitrogen and oxygen atoms in total. The van der Waals surface area contributed by atoms with Crippen LogP contribution >= 0.6 is 0 Å². The number of carbonyl (C=O) groups excluding carboxylic acids is 1. The van der Waals surface area contributed by atoms with Crippen LogP contribution in [0.3, 0.4) is 0 Å². The molecule has 0 spiro atoms. The predicted molar refractivity (Wildman–Crippen MR) is 70.1 cm³/mol. The number of hydrogen-bond acceptors (Lipinski definition) is 4. The molecule has 1 unspecified atom stereocenters. The number of nitrogens with zero attached hydrogens (tertiary/aromatic N) is 3. The summed E-state index contributed by atoms with van der Waals surface area (Å²) in [5.41, 5.74) is 1.26. The van der Waals surface area contributed by atoms with Crippen LogP contribution in [-0.2, 0) is 0 Å². The first-order valence-electron chi connectivity index (χ1n) is 5.95. The molecule has 0 saturated carbocycles. The monoisotopic (exact) mass is 246 g/mol. The smallest absolute Gasteiger partial charge is 0.272 e. The highest BCUT2D eigenvalue weighted by molar-refractivity contribution is 5.92. The average molecular weight is 246 g/mol. The molecule has 5 heteroatoms. The van der Waals surface area contributed by atoms with Crippen molar-refractivity contribution < 1.29 is 4.79 Å². The predicted octanol–water partition coefficient (Wildman–Crippen LogP) is 1.75. The molecule has 1 aromatic rings. The first-order chi connectivity index (χ1) is 8.62. The lowest BCUT2D eigenvalue weighted by atomic mass is 10.2. The second-order valence-corrected chi connectivity index (χ2v) is 4.06. The lowest BCUT2D eigenvalue weighted by Crippen LogP contribution is -2.34. The van der Waals surface area contributed by atoms with E-state index in [1.807, 2.05) is 13.0 Å². The van der Waals surface area contributed by atoms with Crippen LogP contribution in [0.25, 0.3) is 0 Å². The average Bonchev–Trinajstić information content (AvgIpc) is 2.43. The van der Waals surface area contributed by atoms with Gasteiger partial charge in [-0.25, -0.2) is 4.98 Å². The molecule has 1 amide bonds. The van der Waals surface area contributed by atoms with E-state index >= 15 is 0 Å². The van der Waals surface area contributed by atoms with E-state index in [4.69, 9.17) is 5.26 Å². The zero-order chi connectivity index (χ0) is 13.5. The molecule has 0 aromatic carbocycles. The van der Waals surface area contributed by atoms with Crippen LogP contribution in [0.15, 0.2) is 18.3 Å². The zero-order valence-electron chi connectivity index (χ0n) is 11.0. The molecule has 1 aromatic heterocycles. The molecule has 96 valence electrons. The molecular weight excluding hydrogens is 228 g/mol. The number of rotatable bonds is 5. The van der Waals surface area contributed by atoms with E-state index < -0.39 is 0 Å². The SMILES string of the molecule is CCN(CC(C)C#N)C(=O)c1ccc(NC)cn1. The minimum absolute atomic E-state index is 0.137. The maximum absolute atomic E-state index is 12.2. The maximum atomic E-state index is 12.2. The number of aromatic nitrogens is 1. The van der Waals surface area contributed by atoms with Crippen LogP contribution in [-0.4, -0.2) is 35.9 Å². The molecular formula is C13H18N4O. The number of pyridine rings is 1. The van der Waals surface area contributed by atoms with E-state index in [1.165, 1.54) is 0 Å². The molecule has 0 radical (unpaired) electrons. The Balaban J connectivity index is 2.80. The Hall–Kier alpha value is -2.09. The Kier molecular flexibility index (Phi) is 5.12. The Morgan fingerprint density at radius 2 is 2.33 bits per heavy atom. The summed E-state index contributed by atoms with van der Waals surface area (Å²) in [7, 11) is 1.80. The molecule has 1 heterocycles. The van der Waals surface area contributed by atoms with Gasteiger partial charge in [0.1, 0.15) is 5.69 Å². The molecule has 0 aliphatic rings. The number of amides is 1. The van der Waals surface area contributed by atoms with Gasteiger partial charge in [0.15, 0.2) is 0 Å². The first-order valence-corrected chi connectivity index (χ1v) is 5.95. The van der Waals surface area contributed by atoms with E-state index in [9.17, 15) is 4.79 Å². The molecule has 18 heavy (non-hydrogen) atoms. The molecule has 0 bridgehead atoms. The topological polar surface area (TPSA) is 69.0 Å². The van der Waals surface area contributed by atoms with E-state index in [0.29, 0.717) is 18.8 Å². The largest absolute Gasteiger partial charge is 0.387 e. The molecule has 0 aliphatic heterocycles. The Morgan fingerprint density at radius 1 is 1.61 bits per heavy atom. The number of carbonyl (C=O) groups is 1. The van der Waals surface area contributed by atoms with Crippen LogP contribution in [0, 0.1) is 17.2 Å². The van der Waals surface area contributed by atoms with Crippen molar-refractivity contribution in [2.75, 3.05) is 25.5 Å². The summed E-state index contributed by atoms with van der Waals surface area (Å²) in [6.45, 7) is 4.69. The fourth-order valence-corrected chi connectivity index (χ4v) is 1.56. The van der Waals surface area contributed by atoms with Crippen molar-refractivity contribution in [2.45, 2.75) is 13.8 Å². The third kappa shape index (κ3) is 3.45.